The molecular formula is C47H76O18. The number of fused-ring (bicyclic) bond motifs is 7. The van der Waals surface area contributed by atoms with E-state index in [1.54, 1.807) is 0 Å². The Labute approximate surface area is 380 Å². The van der Waals surface area contributed by atoms with Crippen molar-refractivity contribution in [2.75, 3.05) is 19.8 Å². The summed E-state index contributed by atoms with van der Waals surface area (Å²) in [6.45, 7) is 13.9. The van der Waals surface area contributed by atoms with Gasteiger partial charge in [-0.05, 0) is 103 Å². The standard InChI is InChI=1S/C47H76O18/c1-42(2)14-15-47(41(58)59)22(16-42)21-8-9-27-44(5)12-11-29(43(3,4)26(44)10-13-45(27,6)46(21,7)17-28(47)51)63-40-37(65-39-35(57)33(55)31(53)25(19-49)62-39)36(23(50)20-60-40)64-38-34(56)32(54)30(52)24(18-48)61-38/h8,22-40,48-57H,9-20H2,1-7H3,(H,58,59). The molecule has 11 N–H and O–H groups in total. The average molecular weight is 929 g/mol. The van der Waals surface area contributed by atoms with Crippen molar-refractivity contribution in [2.45, 2.75) is 204 Å². The largest absolute Gasteiger partial charge is 0.481 e. The van der Waals surface area contributed by atoms with Crippen molar-refractivity contribution in [3.63, 3.8) is 0 Å². The average Bonchev–Trinajstić information content (AvgIpc) is 3.23. The van der Waals surface area contributed by atoms with Gasteiger partial charge in [-0.15, -0.1) is 0 Å². The molecular weight excluding hydrogens is 852 g/mol. The van der Waals surface area contributed by atoms with Gasteiger partial charge in [0.05, 0.1) is 32.0 Å². The maximum Gasteiger partial charge on any atom is 0.312 e. The minimum absolute atomic E-state index is 0.0582. The van der Waals surface area contributed by atoms with E-state index in [1.165, 1.54) is 5.57 Å². The summed E-state index contributed by atoms with van der Waals surface area (Å²) in [6.07, 6.45) is -15.7. The minimum Gasteiger partial charge on any atom is -0.481 e. The van der Waals surface area contributed by atoms with E-state index in [0.717, 1.165) is 32.1 Å². The molecule has 3 heterocycles. The Morgan fingerprint density at radius 1 is 0.677 bits per heavy atom. The van der Waals surface area contributed by atoms with Crippen LogP contribution in [0.2, 0.25) is 0 Å². The summed E-state index contributed by atoms with van der Waals surface area (Å²) in [5.41, 5.74) is -1.46. The second-order valence-electron chi connectivity index (χ2n) is 23.1. The van der Waals surface area contributed by atoms with E-state index >= 15 is 0 Å². The number of rotatable bonds is 9. The molecule has 3 saturated heterocycles. The highest BCUT2D eigenvalue weighted by atomic mass is 16.8. The summed E-state index contributed by atoms with van der Waals surface area (Å²) in [5, 5.41) is 118. The van der Waals surface area contributed by atoms with Crippen LogP contribution in [0, 0.1) is 50.2 Å². The first-order valence-corrected chi connectivity index (χ1v) is 23.8. The van der Waals surface area contributed by atoms with Gasteiger partial charge in [0.1, 0.15) is 72.6 Å². The molecule has 0 radical (unpaired) electrons. The van der Waals surface area contributed by atoms with Crippen LogP contribution in [0.1, 0.15) is 106 Å². The van der Waals surface area contributed by atoms with E-state index in [0.29, 0.717) is 25.7 Å². The van der Waals surface area contributed by atoms with Crippen LogP contribution < -0.4 is 0 Å². The van der Waals surface area contributed by atoms with Gasteiger partial charge in [0, 0.05) is 0 Å². The van der Waals surface area contributed by atoms with E-state index < -0.39 is 134 Å². The Morgan fingerprint density at radius 3 is 1.83 bits per heavy atom. The van der Waals surface area contributed by atoms with Crippen molar-refractivity contribution in [1.82, 2.24) is 0 Å². The third-order valence-electron chi connectivity index (χ3n) is 19.0. The van der Waals surface area contributed by atoms with Crippen molar-refractivity contribution >= 4 is 5.97 Å². The first-order valence-electron chi connectivity index (χ1n) is 23.8. The number of aliphatic hydroxyl groups is 10. The van der Waals surface area contributed by atoms with Crippen LogP contribution in [-0.2, 0) is 33.2 Å². The number of ether oxygens (including phenoxy) is 6. The van der Waals surface area contributed by atoms with Crippen LogP contribution in [0.3, 0.4) is 0 Å². The molecule has 0 aromatic rings. The third kappa shape index (κ3) is 7.71. The van der Waals surface area contributed by atoms with Crippen LogP contribution in [0.4, 0.5) is 0 Å². The fraction of sp³-hybridized carbons (Fsp3) is 0.936. The second kappa shape index (κ2) is 17.5. The van der Waals surface area contributed by atoms with Crippen LogP contribution in [0.25, 0.3) is 0 Å². The molecule has 5 aliphatic carbocycles. The zero-order valence-electron chi connectivity index (χ0n) is 38.8. The summed E-state index contributed by atoms with van der Waals surface area (Å²) in [5.74, 6) is -0.850. The van der Waals surface area contributed by atoms with Gasteiger partial charge in [-0.2, -0.15) is 0 Å². The van der Waals surface area contributed by atoms with E-state index in [1.807, 2.05) is 0 Å². The number of allylic oxidation sites excluding steroid dienone is 2. The number of carbonyl (C=O) groups is 1. The molecule has 18 nitrogen and oxygen atoms in total. The van der Waals surface area contributed by atoms with E-state index in [4.69, 9.17) is 28.4 Å². The number of hydrogen-bond donors (Lipinski definition) is 11. The predicted octanol–water partition coefficient (Wildman–Crippen LogP) is 0.316. The van der Waals surface area contributed by atoms with Crippen molar-refractivity contribution in [3.05, 3.63) is 11.6 Å². The van der Waals surface area contributed by atoms with Gasteiger partial charge < -0.3 is 84.6 Å². The molecule has 65 heavy (non-hydrogen) atoms. The molecule has 8 rings (SSSR count). The van der Waals surface area contributed by atoms with Gasteiger partial charge in [0.25, 0.3) is 0 Å². The highest BCUT2D eigenvalue weighted by Crippen LogP contribution is 2.76. The Balaban J connectivity index is 1.08. The first-order chi connectivity index (χ1) is 30.3. The Bertz CT molecular complexity index is 1770. The summed E-state index contributed by atoms with van der Waals surface area (Å²) in [7, 11) is 0. The zero-order valence-corrected chi connectivity index (χ0v) is 38.8. The molecule has 0 amide bonds. The van der Waals surface area contributed by atoms with Gasteiger partial charge in [-0.25, -0.2) is 0 Å². The van der Waals surface area contributed by atoms with Crippen molar-refractivity contribution < 1.29 is 89.4 Å². The second-order valence-corrected chi connectivity index (χ2v) is 23.1. The normalized spacial score (nSPS) is 54.0. The number of aliphatic carboxylic acids is 1. The molecule has 0 aromatic heterocycles. The fourth-order valence-corrected chi connectivity index (χ4v) is 15.0. The molecule has 23 unspecified atom stereocenters. The highest BCUT2D eigenvalue weighted by Gasteiger charge is 2.71. The first kappa shape index (κ1) is 50.0. The number of carboxylic acid groups (broad SMARTS) is 1. The summed E-state index contributed by atoms with van der Waals surface area (Å²) >= 11 is 0. The lowest BCUT2D eigenvalue weighted by atomic mass is 9.33. The molecule has 3 aliphatic heterocycles. The SMILES string of the molecule is CC1(C)CCC2(C(=O)O)C(O)CC3(C)C(=CCC4C5(C)CCC(OC6OCC(O)C(OC7OC(CO)C(O)C(O)C7O)C6OC6OC(CO)C(O)C(O)C6O)C(C)(C)C5CCC43C)C2C1. The van der Waals surface area contributed by atoms with Crippen molar-refractivity contribution in [3.8, 4) is 0 Å². The lowest BCUT2D eigenvalue weighted by Crippen LogP contribution is -2.68. The molecule has 8 aliphatic rings. The Morgan fingerprint density at radius 2 is 1.26 bits per heavy atom. The third-order valence-corrected chi connectivity index (χ3v) is 19.0. The summed E-state index contributed by atoms with van der Waals surface area (Å²) in [4.78, 5) is 13.2. The number of aliphatic hydroxyl groups excluding tert-OH is 10. The molecule has 7 fully saturated rings. The topological polar surface area (TPSA) is 295 Å². The highest BCUT2D eigenvalue weighted by molar-refractivity contribution is 5.77. The lowest BCUT2D eigenvalue weighted by Gasteiger charge is -2.71. The summed E-state index contributed by atoms with van der Waals surface area (Å²) < 4.78 is 36.8. The molecule has 372 valence electrons. The monoisotopic (exact) mass is 929 g/mol. The minimum atomic E-state index is -1.86. The maximum atomic E-state index is 13.2. The fourth-order valence-electron chi connectivity index (χ4n) is 15.0. The molecule has 0 bridgehead atoms. The molecule has 0 aromatic carbocycles. The molecule has 23 atom stereocenters. The van der Waals surface area contributed by atoms with Gasteiger partial charge >= 0.3 is 5.97 Å². The van der Waals surface area contributed by atoms with Gasteiger partial charge in [-0.1, -0.05) is 60.1 Å². The smallest absolute Gasteiger partial charge is 0.312 e. The van der Waals surface area contributed by atoms with E-state index in [-0.39, 0.29) is 40.6 Å². The number of hydrogen-bond acceptors (Lipinski definition) is 17. The van der Waals surface area contributed by atoms with Gasteiger partial charge in [-0.3, -0.25) is 4.79 Å². The Hall–Kier alpha value is -1.43. The quantitative estimate of drug-likeness (QED) is 0.110. The van der Waals surface area contributed by atoms with Crippen molar-refractivity contribution in [1.29, 1.82) is 0 Å². The lowest BCUT2D eigenvalue weighted by molar-refractivity contribution is -0.389. The van der Waals surface area contributed by atoms with Crippen LogP contribution >= 0.6 is 0 Å². The Kier molecular flexibility index (Phi) is 13.4. The maximum absolute atomic E-state index is 13.2. The molecule has 4 saturated carbocycles. The van der Waals surface area contributed by atoms with Gasteiger partial charge in [0.2, 0.25) is 0 Å². The van der Waals surface area contributed by atoms with Crippen molar-refractivity contribution in [2.24, 2.45) is 50.2 Å². The van der Waals surface area contributed by atoms with Gasteiger partial charge in [0.15, 0.2) is 18.9 Å². The predicted molar refractivity (Wildman–Crippen MR) is 226 cm³/mol. The van der Waals surface area contributed by atoms with E-state index in [9.17, 15) is 61.0 Å². The summed E-state index contributed by atoms with van der Waals surface area (Å²) in [6, 6.07) is 0. The van der Waals surface area contributed by atoms with Crippen LogP contribution in [0.5, 0.6) is 0 Å². The van der Waals surface area contributed by atoms with E-state index in [2.05, 4.69) is 54.5 Å². The zero-order chi connectivity index (χ0) is 47.6. The molecule has 18 heteroatoms. The van der Waals surface area contributed by atoms with Crippen LogP contribution in [-0.4, -0.2) is 180 Å². The van der Waals surface area contributed by atoms with Crippen LogP contribution in [0.15, 0.2) is 11.6 Å². The number of carboxylic acids is 1. The molecule has 0 spiro atoms.